The van der Waals surface area contributed by atoms with Crippen molar-refractivity contribution < 1.29 is 0 Å². The van der Waals surface area contributed by atoms with E-state index in [9.17, 15) is 0 Å². The molecule has 3 rings (SSSR count). The summed E-state index contributed by atoms with van der Waals surface area (Å²) in [7, 11) is 0. The molecule has 0 unspecified atom stereocenters. The number of benzene rings is 1. The molecule has 0 bridgehead atoms. The van der Waals surface area contributed by atoms with E-state index in [1.165, 1.54) is 0 Å². The van der Waals surface area contributed by atoms with E-state index >= 15 is 0 Å². The second-order valence-electron chi connectivity index (χ2n) is 5.63. The van der Waals surface area contributed by atoms with Crippen molar-refractivity contribution in [3.8, 4) is 10.6 Å². The lowest BCUT2D eigenvalue weighted by atomic mass is 10.2. The molecule has 7 heteroatoms. The minimum atomic E-state index is 0.353. The zero-order valence-electron chi connectivity index (χ0n) is 13.9. The minimum Gasteiger partial charge on any atom is -0.303 e. The average Bonchev–Trinajstić information content (AvgIpc) is 3.19. The van der Waals surface area contributed by atoms with Gasteiger partial charge in [0.05, 0.1) is 10.7 Å². The Kier molecular flexibility index (Phi) is 5.58. The fourth-order valence-corrected chi connectivity index (χ4v) is 4.66. The van der Waals surface area contributed by atoms with Crippen LogP contribution in [0.1, 0.15) is 38.3 Å². The maximum atomic E-state index is 6.26. The van der Waals surface area contributed by atoms with Gasteiger partial charge in [0, 0.05) is 29.2 Å². The van der Waals surface area contributed by atoms with E-state index in [-0.39, 0.29) is 0 Å². The molecule has 0 amide bonds. The lowest BCUT2D eigenvalue weighted by molar-refractivity contribution is 0.528. The summed E-state index contributed by atoms with van der Waals surface area (Å²) in [4.78, 5) is 4.71. The highest BCUT2D eigenvalue weighted by atomic mass is 35.5. The van der Waals surface area contributed by atoms with Gasteiger partial charge >= 0.3 is 0 Å². The Labute approximate surface area is 155 Å². The van der Waals surface area contributed by atoms with Crippen LogP contribution < -0.4 is 0 Å². The van der Waals surface area contributed by atoms with Gasteiger partial charge in [0.1, 0.15) is 10.8 Å². The molecular formula is C17H19ClN4S2. The number of rotatable bonds is 6. The molecule has 0 aliphatic rings. The number of halogens is 1. The number of aromatic nitrogens is 4. The maximum Gasteiger partial charge on any atom is 0.191 e. The lowest BCUT2D eigenvalue weighted by Gasteiger charge is -2.12. The van der Waals surface area contributed by atoms with Gasteiger partial charge in [-0.3, -0.25) is 0 Å². The zero-order valence-corrected chi connectivity index (χ0v) is 16.3. The molecule has 4 nitrogen and oxygen atoms in total. The van der Waals surface area contributed by atoms with Gasteiger partial charge in [0.15, 0.2) is 5.16 Å². The first kappa shape index (κ1) is 17.5. The van der Waals surface area contributed by atoms with E-state index in [2.05, 4.69) is 40.9 Å². The quantitative estimate of drug-likeness (QED) is 0.532. The van der Waals surface area contributed by atoms with Crippen molar-refractivity contribution in [1.82, 2.24) is 19.7 Å². The maximum absolute atomic E-state index is 6.26. The molecule has 2 aromatic heterocycles. The molecule has 0 radical (unpaired) electrons. The summed E-state index contributed by atoms with van der Waals surface area (Å²) < 4.78 is 2.20. The fraction of sp³-hybridized carbons (Fsp3) is 0.353. The first-order chi connectivity index (χ1) is 11.6. The number of nitrogens with zero attached hydrogens (tertiary/aromatic N) is 4. The van der Waals surface area contributed by atoms with Crippen molar-refractivity contribution in [2.45, 2.75) is 44.1 Å². The Balaban J connectivity index is 1.75. The Bertz CT molecular complexity index is 826. The molecule has 0 N–H and O–H groups in total. The van der Waals surface area contributed by atoms with Crippen molar-refractivity contribution in [1.29, 1.82) is 0 Å². The normalized spacial score (nSPS) is 11.4. The highest BCUT2D eigenvalue weighted by molar-refractivity contribution is 7.98. The smallest absolute Gasteiger partial charge is 0.191 e. The van der Waals surface area contributed by atoms with E-state index in [0.29, 0.717) is 6.04 Å². The standard InChI is InChI=1S/C17H19ClN4S2/c1-4-15-20-21-17(22(15)11(2)3)24-10-12-9-23-16(19-12)13-7-5-6-8-14(13)18/h5-9,11H,4,10H2,1-3H3. The summed E-state index contributed by atoms with van der Waals surface area (Å²) in [5.41, 5.74) is 2.02. The fourth-order valence-electron chi connectivity index (χ4n) is 2.44. The van der Waals surface area contributed by atoms with Crippen LogP contribution in [-0.4, -0.2) is 19.7 Å². The Morgan fingerprint density at radius 1 is 1.25 bits per heavy atom. The van der Waals surface area contributed by atoms with E-state index < -0.39 is 0 Å². The van der Waals surface area contributed by atoms with Crippen molar-refractivity contribution in [2.75, 3.05) is 0 Å². The predicted molar refractivity (Wildman–Crippen MR) is 102 cm³/mol. The summed E-state index contributed by atoms with van der Waals surface area (Å²) in [6, 6.07) is 8.16. The highest BCUT2D eigenvalue weighted by Crippen LogP contribution is 2.32. The third-order valence-electron chi connectivity index (χ3n) is 3.57. The van der Waals surface area contributed by atoms with Gasteiger partial charge in [0.2, 0.25) is 0 Å². The van der Waals surface area contributed by atoms with Crippen LogP contribution in [0, 0.1) is 0 Å². The number of thiazole rings is 1. The van der Waals surface area contributed by atoms with Crippen LogP contribution in [0.15, 0.2) is 34.8 Å². The first-order valence-electron chi connectivity index (χ1n) is 7.86. The zero-order chi connectivity index (χ0) is 17.1. The van der Waals surface area contributed by atoms with Crippen LogP contribution >= 0.6 is 34.7 Å². The molecule has 2 heterocycles. The van der Waals surface area contributed by atoms with E-state index in [0.717, 1.165) is 44.4 Å². The van der Waals surface area contributed by atoms with E-state index in [1.807, 2.05) is 24.3 Å². The van der Waals surface area contributed by atoms with E-state index in [4.69, 9.17) is 16.6 Å². The van der Waals surface area contributed by atoms with Crippen molar-refractivity contribution in [3.05, 3.63) is 46.2 Å². The highest BCUT2D eigenvalue weighted by Gasteiger charge is 2.15. The van der Waals surface area contributed by atoms with Crippen LogP contribution in [0.25, 0.3) is 10.6 Å². The summed E-state index contributed by atoms with van der Waals surface area (Å²) >= 11 is 9.55. The lowest BCUT2D eigenvalue weighted by Crippen LogP contribution is -2.07. The molecule has 1 aromatic carbocycles. The van der Waals surface area contributed by atoms with Gasteiger partial charge in [0.25, 0.3) is 0 Å². The SMILES string of the molecule is CCc1nnc(SCc2csc(-c3ccccc3Cl)n2)n1C(C)C. The van der Waals surface area contributed by atoms with Crippen LogP contribution in [0.5, 0.6) is 0 Å². The third-order valence-corrected chi connectivity index (χ3v) is 5.80. The number of hydrogen-bond donors (Lipinski definition) is 0. The second-order valence-corrected chi connectivity index (χ2v) is 7.84. The second kappa shape index (κ2) is 7.68. The topological polar surface area (TPSA) is 43.6 Å². The van der Waals surface area contributed by atoms with Crippen molar-refractivity contribution in [3.63, 3.8) is 0 Å². The van der Waals surface area contributed by atoms with Crippen LogP contribution in [0.2, 0.25) is 5.02 Å². The number of hydrogen-bond acceptors (Lipinski definition) is 5. The average molecular weight is 379 g/mol. The summed E-state index contributed by atoms with van der Waals surface area (Å²) in [6.07, 6.45) is 0.888. The summed E-state index contributed by atoms with van der Waals surface area (Å²) in [5, 5.41) is 13.3. The molecule has 3 aromatic rings. The monoisotopic (exact) mass is 378 g/mol. The molecule has 0 spiro atoms. The molecule has 0 saturated heterocycles. The number of thioether (sulfide) groups is 1. The predicted octanol–water partition coefficient (Wildman–Crippen LogP) is 5.49. The minimum absolute atomic E-state index is 0.353. The number of aryl methyl sites for hydroxylation is 1. The first-order valence-corrected chi connectivity index (χ1v) is 10.1. The third kappa shape index (κ3) is 3.66. The van der Waals surface area contributed by atoms with Gasteiger partial charge in [-0.25, -0.2) is 4.98 Å². The molecule has 0 aliphatic carbocycles. The Hall–Kier alpha value is -1.37. The molecule has 0 aliphatic heterocycles. The molecule has 0 fully saturated rings. The summed E-state index contributed by atoms with van der Waals surface area (Å²) in [5.74, 6) is 1.80. The summed E-state index contributed by atoms with van der Waals surface area (Å²) in [6.45, 7) is 6.42. The van der Waals surface area contributed by atoms with Gasteiger partial charge in [-0.2, -0.15) is 0 Å². The van der Waals surface area contributed by atoms with Gasteiger partial charge in [-0.1, -0.05) is 48.5 Å². The molecule has 24 heavy (non-hydrogen) atoms. The van der Waals surface area contributed by atoms with Gasteiger partial charge in [-0.15, -0.1) is 21.5 Å². The van der Waals surface area contributed by atoms with Crippen molar-refractivity contribution >= 4 is 34.7 Å². The van der Waals surface area contributed by atoms with Crippen LogP contribution in [0.4, 0.5) is 0 Å². The van der Waals surface area contributed by atoms with Crippen molar-refractivity contribution in [2.24, 2.45) is 0 Å². The molecule has 126 valence electrons. The van der Waals surface area contributed by atoms with Gasteiger partial charge in [-0.05, 0) is 19.9 Å². The van der Waals surface area contributed by atoms with E-state index in [1.54, 1.807) is 23.1 Å². The molecular weight excluding hydrogens is 360 g/mol. The Morgan fingerprint density at radius 3 is 2.75 bits per heavy atom. The Morgan fingerprint density at radius 2 is 2.04 bits per heavy atom. The molecule has 0 atom stereocenters. The molecule has 0 saturated carbocycles. The van der Waals surface area contributed by atoms with Crippen LogP contribution in [-0.2, 0) is 12.2 Å². The van der Waals surface area contributed by atoms with Gasteiger partial charge < -0.3 is 4.57 Å². The van der Waals surface area contributed by atoms with Crippen LogP contribution in [0.3, 0.4) is 0 Å². The largest absolute Gasteiger partial charge is 0.303 e.